The number of aromatic nitrogens is 3. The SMILES string of the molecule is CCc1ccc(-c2noc3c(=O)n(CCC(=O)N[C@@H](C)c4ccccc4)cnc23)cc1. The van der Waals surface area contributed by atoms with E-state index in [0.717, 1.165) is 17.5 Å². The van der Waals surface area contributed by atoms with Crippen LogP contribution in [0.1, 0.15) is 37.4 Å². The van der Waals surface area contributed by atoms with Crippen molar-refractivity contribution >= 4 is 17.0 Å². The zero-order valence-electron chi connectivity index (χ0n) is 17.5. The number of aryl methyl sites for hydroxylation is 2. The van der Waals surface area contributed by atoms with Crippen molar-refractivity contribution in [2.45, 2.75) is 39.3 Å². The third-order valence-electron chi connectivity index (χ3n) is 5.34. The van der Waals surface area contributed by atoms with Crippen LogP contribution in [0, 0.1) is 0 Å². The number of hydrogen-bond acceptors (Lipinski definition) is 5. The van der Waals surface area contributed by atoms with E-state index in [1.54, 1.807) is 0 Å². The molecular formula is C24H24N4O3. The van der Waals surface area contributed by atoms with Gasteiger partial charge in [0.1, 0.15) is 11.2 Å². The maximum absolute atomic E-state index is 12.8. The van der Waals surface area contributed by atoms with Gasteiger partial charge >= 0.3 is 0 Å². The molecule has 0 aliphatic rings. The van der Waals surface area contributed by atoms with E-state index in [1.807, 2.05) is 61.5 Å². The Morgan fingerprint density at radius 1 is 1.13 bits per heavy atom. The van der Waals surface area contributed by atoms with Gasteiger partial charge in [0.2, 0.25) is 5.91 Å². The third-order valence-corrected chi connectivity index (χ3v) is 5.34. The summed E-state index contributed by atoms with van der Waals surface area (Å²) < 4.78 is 6.69. The Morgan fingerprint density at radius 2 is 1.87 bits per heavy atom. The van der Waals surface area contributed by atoms with Crippen LogP contribution in [0.5, 0.6) is 0 Å². The first-order valence-electron chi connectivity index (χ1n) is 10.3. The summed E-state index contributed by atoms with van der Waals surface area (Å²) in [5.74, 6) is -0.141. The van der Waals surface area contributed by atoms with Gasteiger partial charge in [-0.3, -0.25) is 14.2 Å². The van der Waals surface area contributed by atoms with E-state index in [2.05, 4.69) is 22.4 Å². The minimum absolute atomic E-state index is 0.0927. The molecule has 0 saturated carbocycles. The maximum atomic E-state index is 12.8. The molecule has 2 aromatic carbocycles. The van der Waals surface area contributed by atoms with Crippen LogP contribution in [0.2, 0.25) is 0 Å². The van der Waals surface area contributed by atoms with E-state index in [1.165, 1.54) is 16.5 Å². The molecule has 0 bridgehead atoms. The Labute approximate surface area is 179 Å². The van der Waals surface area contributed by atoms with Crippen LogP contribution < -0.4 is 10.9 Å². The van der Waals surface area contributed by atoms with E-state index in [0.29, 0.717) is 11.2 Å². The second kappa shape index (κ2) is 8.95. The third kappa shape index (κ3) is 4.40. The lowest BCUT2D eigenvalue weighted by atomic mass is 10.1. The summed E-state index contributed by atoms with van der Waals surface area (Å²) in [6.45, 7) is 4.22. The fourth-order valence-electron chi connectivity index (χ4n) is 3.46. The highest BCUT2D eigenvalue weighted by atomic mass is 16.5. The Kier molecular flexibility index (Phi) is 5.93. The lowest BCUT2D eigenvalue weighted by molar-refractivity contribution is -0.121. The predicted octanol–water partition coefficient (Wildman–Crippen LogP) is 3.88. The highest BCUT2D eigenvalue weighted by molar-refractivity contribution is 5.87. The summed E-state index contributed by atoms with van der Waals surface area (Å²) in [4.78, 5) is 29.5. The number of carbonyl (C=O) groups is 1. The Bertz CT molecular complexity index is 1240. The number of nitrogens with one attached hydrogen (secondary N) is 1. The van der Waals surface area contributed by atoms with Crippen molar-refractivity contribution in [2.24, 2.45) is 0 Å². The van der Waals surface area contributed by atoms with Gasteiger partial charge in [-0.1, -0.05) is 66.7 Å². The molecule has 7 heteroatoms. The number of rotatable bonds is 7. The standard InChI is InChI=1S/C24H24N4O3/c1-3-17-9-11-19(12-10-17)21-22-23(31-27-21)24(30)28(15-25-22)14-13-20(29)26-16(2)18-7-5-4-6-8-18/h4-12,15-16H,3,13-14H2,1-2H3,(H,26,29)/t16-/m0/s1. The number of nitrogens with zero attached hydrogens (tertiary/aromatic N) is 3. The normalized spacial score (nSPS) is 12.1. The molecule has 2 aromatic heterocycles. The molecular weight excluding hydrogens is 392 g/mol. The van der Waals surface area contributed by atoms with Crippen LogP contribution in [0.3, 0.4) is 0 Å². The summed E-state index contributed by atoms with van der Waals surface area (Å²) in [7, 11) is 0. The molecule has 2 heterocycles. The van der Waals surface area contributed by atoms with Crippen LogP contribution >= 0.6 is 0 Å². The van der Waals surface area contributed by atoms with Crippen molar-refractivity contribution in [1.29, 1.82) is 0 Å². The van der Waals surface area contributed by atoms with Gasteiger partial charge in [0, 0.05) is 18.5 Å². The fraction of sp³-hybridized carbons (Fsp3) is 0.250. The molecule has 1 atom stereocenters. The van der Waals surface area contributed by atoms with E-state index in [4.69, 9.17) is 4.52 Å². The van der Waals surface area contributed by atoms with Crippen LogP contribution in [-0.4, -0.2) is 20.6 Å². The van der Waals surface area contributed by atoms with Crippen LogP contribution in [0.4, 0.5) is 0 Å². The molecule has 0 aliphatic carbocycles. The summed E-state index contributed by atoms with van der Waals surface area (Å²) in [5, 5.41) is 7.01. The molecule has 0 fully saturated rings. The molecule has 0 spiro atoms. The summed E-state index contributed by atoms with van der Waals surface area (Å²) >= 11 is 0. The van der Waals surface area contributed by atoms with E-state index >= 15 is 0 Å². The quantitative estimate of drug-likeness (QED) is 0.494. The minimum atomic E-state index is -0.349. The second-order valence-electron chi connectivity index (χ2n) is 7.45. The first-order valence-corrected chi connectivity index (χ1v) is 10.3. The molecule has 1 N–H and O–H groups in total. The molecule has 7 nitrogen and oxygen atoms in total. The molecule has 158 valence electrons. The summed E-state index contributed by atoms with van der Waals surface area (Å²) in [6.07, 6.45) is 2.55. The monoisotopic (exact) mass is 416 g/mol. The largest absolute Gasteiger partial charge is 0.350 e. The van der Waals surface area contributed by atoms with Gasteiger partial charge in [0.05, 0.1) is 12.4 Å². The number of hydrogen-bond donors (Lipinski definition) is 1. The average Bonchev–Trinajstić information content (AvgIpc) is 3.24. The zero-order chi connectivity index (χ0) is 21.8. The Morgan fingerprint density at radius 3 is 2.58 bits per heavy atom. The van der Waals surface area contributed by atoms with Crippen molar-refractivity contribution in [2.75, 3.05) is 0 Å². The van der Waals surface area contributed by atoms with Crippen LogP contribution in [0.25, 0.3) is 22.4 Å². The predicted molar refractivity (Wildman–Crippen MR) is 118 cm³/mol. The van der Waals surface area contributed by atoms with Gasteiger partial charge in [-0.15, -0.1) is 0 Å². The molecule has 0 radical (unpaired) electrons. The van der Waals surface area contributed by atoms with Crippen molar-refractivity contribution in [3.05, 3.63) is 82.4 Å². The molecule has 4 aromatic rings. The van der Waals surface area contributed by atoms with Crippen molar-refractivity contribution in [3.8, 4) is 11.3 Å². The number of amides is 1. The number of fused-ring (bicyclic) bond motifs is 1. The molecule has 0 aliphatic heterocycles. The van der Waals surface area contributed by atoms with Crippen molar-refractivity contribution in [3.63, 3.8) is 0 Å². The van der Waals surface area contributed by atoms with Crippen LogP contribution in [-0.2, 0) is 17.8 Å². The second-order valence-corrected chi connectivity index (χ2v) is 7.45. The van der Waals surface area contributed by atoms with E-state index in [-0.39, 0.29) is 36.1 Å². The van der Waals surface area contributed by atoms with Gasteiger partial charge in [-0.2, -0.15) is 0 Å². The van der Waals surface area contributed by atoms with Crippen molar-refractivity contribution in [1.82, 2.24) is 20.0 Å². The summed E-state index contributed by atoms with van der Waals surface area (Å²) in [5.41, 5.74) is 3.79. The minimum Gasteiger partial charge on any atom is -0.350 e. The first kappa shape index (κ1) is 20.5. The molecule has 0 unspecified atom stereocenters. The van der Waals surface area contributed by atoms with Gasteiger partial charge in [-0.05, 0) is 24.5 Å². The van der Waals surface area contributed by atoms with E-state index < -0.39 is 0 Å². The maximum Gasteiger partial charge on any atom is 0.299 e. The van der Waals surface area contributed by atoms with Gasteiger partial charge in [0.25, 0.3) is 11.1 Å². The Hall–Kier alpha value is -3.74. The highest BCUT2D eigenvalue weighted by Crippen LogP contribution is 2.24. The van der Waals surface area contributed by atoms with Gasteiger partial charge in [-0.25, -0.2) is 4.98 Å². The lowest BCUT2D eigenvalue weighted by Crippen LogP contribution is -2.29. The number of carbonyl (C=O) groups excluding carboxylic acids is 1. The first-order chi connectivity index (χ1) is 15.1. The zero-order valence-corrected chi connectivity index (χ0v) is 17.5. The van der Waals surface area contributed by atoms with Gasteiger partial charge in [0.15, 0.2) is 0 Å². The average molecular weight is 416 g/mol. The Balaban J connectivity index is 1.47. The molecule has 4 rings (SSSR count). The molecule has 31 heavy (non-hydrogen) atoms. The lowest BCUT2D eigenvalue weighted by Gasteiger charge is -2.14. The smallest absolute Gasteiger partial charge is 0.299 e. The van der Waals surface area contributed by atoms with Crippen molar-refractivity contribution < 1.29 is 9.32 Å². The summed E-state index contributed by atoms with van der Waals surface area (Å²) in [6, 6.07) is 17.5. The van der Waals surface area contributed by atoms with Crippen LogP contribution in [0.15, 0.2) is 70.2 Å². The molecule has 1 amide bonds. The number of benzene rings is 2. The van der Waals surface area contributed by atoms with E-state index in [9.17, 15) is 9.59 Å². The van der Waals surface area contributed by atoms with Gasteiger partial charge < -0.3 is 9.84 Å². The topological polar surface area (TPSA) is 90.0 Å². The molecule has 0 saturated heterocycles. The fourth-order valence-corrected chi connectivity index (χ4v) is 3.46. The highest BCUT2D eigenvalue weighted by Gasteiger charge is 2.17.